The quantitative estimate of drug-likeness (QED) is 0.847. The van der Waals surface area contributed by atoms with Crippen LogP contribution < -0.4 is 5.32 Å². The first-order valence-corrected chi connectivity index (χ1v) is 8.07. The van der Waals surface area contributed by atoms with Crippen molar-refractivity contribution < 1.29 is 14.3 Å². The Morgan fingerprint density at radius 1 is 1.33 bits per heavy atom. The van der Waals surface area contributed by atoms with Crippen molar-refractivity contribution in [2.75, 3.05) is 7.11 Å². The summed E-state index contributed by atoms with van der Waals surface area (Å²) < 4.78 is 4.97. The molecule has 0 bridgehead atoms. The van der Waals surface area contributed by atoms with Crippen molar-refractivity contribution in [2.24, 2.45) is 5.41 Å². The molecule has 1 aromatic rings. The van der Waals surface area contributed by atoms with E-state index >= 15 is 0 Å². The molecule has 1 aliphatic heterocycles. The number of hydrogen-bond acceptors (Lipinski definition) is 5. The van der Waals surface area contributed by atoms with Gasteiger partial charge in [0.05, 0.1) is 24.3 Å². The monoisotopic (exact) mass is 326 g/mol. The highest BCUT2D eigenvalue weighted by atomic mass is 16.5. The van der Waals surface area contributed by atoms with Crippen LogP contribution in [-0.4, -0.2) is 23.8 Å². The summed E-state index contributed by atoms with van der Waals surface area (Å²) in [4.78, 5) is 29.7. The molecular weight excluding hydrogens is 304 g/mol. The number of carbonyl (C=O) groups excluding carboxylic acids is 2. The minimum absolute atomic E-state index is 0.0679. The molecule has 0 spiro atoms. The normalized spacial score (nSPS) is 22.8. The Hall–Kier alpha value is -2.43. The number of hydrogen-bond donors (Lipinski definition) is 1. The molecule has 5 heteroatoms. The van der Waals surface area contributed by atoms with E-state index in [0.717, 1.165) is 17.8 Å². The molecule has 5 nitrogen and oxygen atoms in total. The summed E-state index contributed by atoms with van der Waals surface area (Å²) in [6, 6.07) is 5.54. The fraction of sp³-hybridized carbons (Fsp3) is 0.421. The number of methoxy groups -OCH3 is 1. The summed E-state index contributed by atoms with van der Waals surface area (Å²) in [6.07, 6.45) is 2.91. The van der Waals surface area contributed by atoms with Gasteiger partial charge >= 0.3 is 5.97 Å². The van der Waals surface area contributed by atoms with Gasteiger partial charge in [-0.2, -0.15) is 0 Å². The maximum Gasteiger partial charge on any atom is 0.336 e. The molecular formula is C19H22N2O3. The molecule has 1 aromatic heterocycles. The Kier molecular flexibility index (Phi) is 4.03. The average molecular weight is 326 g/mol. The summed E-state index contributed by atoms with van der Waals surface area (Å²) in [5.41, 5.74) is 3.33. The highest BCUT2D eigenvalue weighted by molar-refractivity contribution is 6.04. The second-order valence-electron chi connectivity index (χ2n) is 7.18. The van der Waals surface area contributed by atoms with E-state index in [4.69, 9.17) is 4.74 Å². The molecule has 0 saturated heterocycles. The van der Waals surface area contributed by atoms with Gasteiger partial charge in [-0.1, -0.05) is 19.9 Å². The number of nitrogens with one attached hydrogen (secondary N) is 1. The van der Waals surface area contributed by atoms with E-state index in [2.05, 4.69) is 24.1 Å². The Bertz CT molecular complexity index is 760. The van der Waals surface area contributed by atoms with Crippen LogP contribution in [0, 0.1) is 5.41 Å². The summed E-state index contributed by atoms with van der Waals surface area (Å²) in [5, 5.41) is 3.28. The van der Waals surface area contributed by atoms with Crippen molar-refractivity contribution in [1.82, 2.24) is 10.3 Å². The molecule has 2 aliphatic rings. The van der Waals surface area contributed by atoms with Crippen molar-refractivity contribution >= 4 is 11.8 Å². The zero-order chi connectivity index (χ0) is 17.5. The molecule has 2 heterocycles. The van der Waals surface area contributed by atoms with Crippen molar-refractivity contribution in [1.29, 1.82) is 0 Å². The number of esters is 1. The van der Waals surface area contributed by atoms with Crippen molar-refractivity contribution in [3.05, 3.63) is 52.6 Å². The number of carbonyl (C=O) groups is 2. The van der Waals surface area contributed by atoms with Gasteiger partial charge in [0.15, 0.2) is 5.78 Å². The summed E-state index contributed by atoms with van der Waals surface area (Å²) >= 11 is 0. The smallest absolute Gasteiger partial charge is 0.336 e. The molecule has 3 rings (SSSR count). The van der Waals surface area contributed by atoms with Gasteiger partial charge in [0, 0.05) is 29.6 Å². The lowest BCUT2D eigenvalue weighted by Gasteiger charge is -2.39. The first kappa shape index (κ1) is 16.4. The van der Waals surface area contributed by atoms with Gasteiger partial charge in [-0.05, 0) is 30.9 Å². The van der Waals surface area contributed by atoms with Crippen LogP contribution in [0.4, 0.5) is 0 Å². The average Bonchev–Trinajstić information content (AvgIpc) is 2.52. The van der Waals surface area contributed by atoms with Gasteiger partial charge in [0.25, 0.3) is 0 Å². The summed E-state index contributed by atoms with van der Waals surface area (Å²) in [5.74, 6) is -0.836. The summed E-state index contributed by atoms with van der Waals surface area (Å²) in [6.45, 7) is 6.01. The number of pyridine rings is 1. The van der Waals surface area contributed by atoms with E-state index in [-0.39, 0.29) is 11.2 Å². The van der Waals surface area contributed by atoms with Crippen LogP contribution in [0.25, 0.3) is 0 Å². The van der Waals surface area contributed by atoms with Gasteiger partial charge < -0.3 is 10.1 Å². The molecule has 1 aliphatic carbocycles. The fourth-order valence-corrected chi connectivity index (χ4v) is 3.66. The lowest BCUT2D eigenvalue weighted by atomic mass is 9.69. The lowest BCUT2D eigenvalue weighted by Crippen LogP contribution is -2.38. The summed E-state index contributed by atoms with van der Waals surface area (Å²) in [7, 11) is 1.35. The van der Waals surface area contributed by atoms with Crippen LogP contribution in [0.5, 0.6) is 0 Å². The molecule has 1 atom stereocenters. The standard InChI is InChI=1S/C19H22N2O3/c1-11-15(18(23)24-4)17(12-7-5-6-8-20-12)16-13(21-11)9-19(2,3)10-14(16)22/h5-8,17,21H,9-10H2,1-4H3/t17-/m0/s1. The van der Waals surface area contributed by atoms with Crippen LogP contribution in [0.3, 0.4) is 0 Å². The lowest BCUT2D eigenvalue weighted by molar-refractivity contribution is -0.136. The van der Waals surface area contributed by atoms with Crippen molar-refractivity contribution in [3.8, 4) is 0 Å². The molecule has 24 heavy (non-hydrogen) atoms. The highest BCUT2D eigenvalue weighted by Gasteiger charge is 2.43. The number of dihydropyridines is 1. The van der Waals surface area contributed by atoms with E-state index in [1.54, 1.807) is 6.20 Å². The number of allylic oxidation sites excluding steroid dienone is 3. The van der Waals surface area contributed by atoms with E-state index in [0.29, 0.717) is 23.3 Å². The van der Waals surface area contributed by atoms with Crippen LogP contribution >= 0.6 is 0 Å². The number of ketones is 1. The van der Waals surface area contributed by atoms with Gasteiger partial charge in [0.2, 0.25) is 0 Å². The molecule has 0 unspecified atom stereocenters. The SMILES string of the molecule is COC(=O)C1=C(C)NC2=C(C(=O)CC(C)(C)C2)[C@H]1c1ccccn1. The second kappa shape index (κ2) is 5.89. The Morgan fingerprint density at radius 3 is 2.71 bits per heavy atom. The van der Waals surface area contributed by atoms with E-state index in [1.165, 1.54) is 7.11 Å². The zero-order valence-electron chi connectivity index (χ0n) is 14.5. The van der Waals surface area contributed by atoms with Crippen molar-refractivity contribution in [2.45, 2.75) is 39.5 Å². The third-order valence-corrected chi connectivity index (χ3v) is 4.63. The van der Waals surface area contributed by atoms with Crippen LogP contribution in [0.2, 0.25) is 0 Å². The molecule has 126 valence electrons. The third kappa shape index (κ3) is 2.75. The van der Waals surface area contributed by atoms with Gasteiger partial charge in [-0.3, -0.25) is 9.78 Å². The van der Waals surface area contributed by atoms with Gasteiger partial charge in [-0.25, -0.2) is 4.79 Å². The number of ether oxygens (including phenoxy) is 1. The van der Waals surface area contributed by atoms with Gasteiger partial charge in [-0.15, -0.1) is 0 Å². The molecule has 0 amide bonds. The van der Waals surface area contributed by atoms with Crippen LogP contribution in [0.15, 0.2) is 46.9 Å². The number of nitrogens with zero attached hydrogens (tertiary/aromatic N) is 1. The van der Waals surface area contributed by atoms with E-state index in [9.17, 15) is 9.59 Å². The number of Topliss-reactive ketones (excluding diaryl/α,β-unsaturated/α-hetero) is 1. The minimum atomic E-state index is -0.474. The van der Waals surface area contributed by atoms with Crippen LogP contribution in [-0.2, 0) is 14.3 Å². The number of aromatic nitrogens is 1. The van der Waals surface area contributed by atoms with E-state index < -0.39 is 11.9 Å². The van der Waals surface area contributed by atoms with Crippen LogP contribution in [0.1, 0.15) is 45.2 Å². The molecule has 0 aromatic carbocycles. The van der Waals surface area contributed by atoms with Crippen molar-refractivity contribution in [3.63, 3.8) is 0 Å². The topological polar surface area (TPSA) is 68.3 Å². The third-order valence-electron chi connectivity index (χ3n) is 4.63. The predicted molar refractivity (Wildman–Crippen MR) is 89.9 cm³/mol. The highest BCUT2D eigenvalue weighted by Crippen LogP contribution is 2.46. The predicted octanol–water partition coefficient (Wildman–Crippen LogP) is 2.86. The second-order valence-corrected chi connectivity index (χ2v) is 7.18. The molecule has 0 radical (unpaired) electrons. The van der Waals surface area contributed by atoms with Gasteiger partial charge in [0.1, 0.15) is 0 Å². The number of rotatable bonds is 2. The largest absolute Gasteiger partial charge is 0.466 e. The Labute approximate surface area is 141 Å². The first-order chi connectivity index (χ1) is 11.3. The maximum atomic E-state index is 12.9. The molecule has 0 fully saturated rings. The minimum Gasteiger partial charge on any atom is -0.466 e. The zero-order valence-corrected chi connectivity index (χ0v) is 14.5. The first-order valence-electron chi connectivity index (χ1n) is 8.07. The molecule has 0 saturated carbocycles. The maximum absolute atomic E-state index is 12.9. The Balaban J connectivity index is 2.19. The fourth-order valence-electron chi connectivity index (χ4n) is 3.66. The van der Waals surface area contributed by atoms with E-state index in [1.807, 2.05) is 25.1 Å². The Morgan fingerprint density at radius 2 is 2.08 bits per heavy atom. The molecule has 1 N–H and O–H groups in total.